The predicted molar refractivity (Wildman–Crippen MR) is 84.4 cm³/mol. The molecule has 0 fully saturated rings. The second kappa shape index (κ2) is 5.79. The van der Waals surface area contributed by atoms with Crippen molar-refractivity contribution in [2.45, 2.75) is 6.42 Å². The average molecular weight is 280 g/mol. The standard InChI is InChI=1S/C17H16N2O2/c20-16(21)9-8-14-12-13-6-2-3-7-15(13)18-17(14)19-10-4-1-5-11-19/h1-4,6-9,12H,5,10-11H2,(H,20,21)/b9-8+. The smallest absolute Gasteiger partial charge is 0.328 e. The molecule has 0 saturated carbocycles. The lowest BCUT2D eigenvalue weighted by molar-refractivity contribution is -0.131. The van der Waals surface area contributed by atoms with Crippen molar-refractivity contribution >= 4 is 28.8 Å². The van der Waals surface area contributed by atoms with Crippen LogP contribution in [0.3, 0.4) is 0 Å². The number of aromatic nitrogens is 1. The molecule has 1 aromatic carbocycles. The average Bonchev–Trinajstić information content (AvgIpc) is 2.53. The lowest BCUT2D eigenvalue weighted by Crippen LogP contribution is -2.28. The lowest BCUT2D eigenvalue weighted by Gasteiger charge is -2.26. The molecular weight excluding hydrogens is 264 g/mol. The molecule has 1 aliphatic rings. The molecular formula is C17H16N2O2. The Bertz CT molecular complexity index is 735. The highest BCUT2D eigenvalue weighted by Crippen LogP contribution is 2.26. The molecule has 1 aromatic heterocycles. The molecule has 0 spiro atoms. The predicted octanol–water partition coefficient (Wildman–Crippen LogP) is 3.10. The van der Waals surface area contributed by atoms with Crippen molar-refractivity contribution in [2.75, 3.05) is 18.0 Å². The van der Waals surface area contributed by atoms with Crippen molar-refractivity contribution in [3.63, 3.8) is 0 Å². The fraction of sp³-hybridized carbons (Fsp3) is 0.176. The number of nitrogens with zero attached hydrogens (tertiary/aromatic N) is 2. The van der Waals surface area contributed by atoms with E-state index in [1.807, 2.05) is 30.3 Å². The molecule has 0 atom stereocenters. The minimum absolute atomic E-state index is 0.805. The number of para-hydroxylation sites is 1. The molecule has 2 heterocycles. The Hall–Kier alpha value is -2.62. The van der Waals surface area contributed by atoms with Crippen LogP contribution in [-0.2, 0) is 4.79 Å². The maximum Gasteiger partial charge on any atom is 0.328 e. The van der Waals surface area contributed by atoms with Crippen LogP contribution in [0.25, 0.3) is 17.0 Å². The fourth-order valence-corrected chi connectivity index (χ4v) is 2.49. The molecule has 0 amide bonds. The molecule has 0 bridgehead atoms. The number of benzene rings is 1. The van der Waals surface area contributed by atoms with Crippen molar-refractivity contribution in [3.8, 4) is 0 Å². The number of hydrogen-bond donors (Lipinski definition) is 1. The van der Waals surface area contributed by atoms with Crippen molar-refractivity contribution in [3.05, 3.63) is 54.1 Å². The number of aliphatic carboxylic acids is 1. The number of hydrogen-bond acceptors (Lipinski definition) is 3. The summed E-state index contributed by atoms with van der Waals surface area (Å²) in [5, 5.41) is 9.87. The quantitative estimate of drug-likeness (QED) is 0.693. The van der Waals surface area contributed by atoms with Gasteiger partial charge in [0.2, 0.25) is 0 Å². The second-order valence-electron chi connectivity index (χ2n) is 4.97. The zero-order valence-electron chi connectivity index (χ0n) is 11.6. The van der Waals surface area contributed by atoms with Crippen LogP contribution < -0.4 is 4.90 Å². The van der Waals surface area contributed by atoms with Crippen LogP contribution in [0.1, 0.15) is 12.0 Å². The first kappa shape index (κ1) is 13.4. The zero-order chi connectivity index (χ0) is 14.7. The van der Waals surface area contributed by atoms with E-state index in [0.717, 1.165) is 47.9 Å². The summed E-state index contributed by atoms with van der Waals surface area (Å²) in [6.45, 7) is 1.70. The van der Waals surface area contributed by atoms with E-state index in [1.165, 1.54) is 0 Å². The van der Waals surface area contributed by atoms with E-state index in [1.54, 1.807) is 6.08 Å². The Balaban J connectivity index is 2.11. The van der Waals surface area contributed by atoms with Crippen LogP contribution in [-0.4, -0.2) is 29.1 Å². The normalized spacial score (nSPS) is 15.0. The summed E-state index contributed by atoms with van der Waals surface area (Å²) in [6, 6.07) is 9.87. The molecule has 4 heteroatoms. The van der Waals surface area contributed by atoms with Gasteiger partial charge in [-0.15, -0.1) is 0 Å². The Morgan fingerprint density at radius 2 is 2.14 bits per heavy atom. The van der Waals surface area contributed by atoms with Crippen molar-refractivity contribution in [1.82, 2.24) is 4.98 Å². The highest BCUT2D eigenvalue weighted by atomic mass is 16.4. The van der Waals surface area contributed by atoms with Crippen LogP contribution in [0.2, 0.25) is 0 Å². The minimum atomic E-state index is -0.951. The van der Waals surface area contributed by atoms with Crippen molar-refractivity contribution < 1.29 is 9.90 Å². The molecule has 21 heavy (non-hydrogen) atoms. The summed E-state index contributed by atoms with van der Waals surface area (Å²) in [6.07, 6.45) is 8.04. The molecule has 0 radical (unpaired) electrons. The topological polar surface area (TPSA) is 53.4 Å². The third-order valence-corrected chi connectivity index (χ3v) is 3.50. The van der Waals surface area contributed by atoms with Crippen LogP contribution in [0.15, 0.2) is 48.6 Å². The molecule has 0 saturated heterocycles. The third-order valence-electron chi connectivity index (χ3n) is 3.50. The van der Waals surface area contributed by atoms with E-state index in [4.69, 9.17) is 10.1 Å². The van der Waals surface area contributed by atoms with E-state index in [2.05, 4.69) is 17.1 Å². The van der Waals surface area contributed by atoms with Crippen LogP contribution in [0.5, 0.6) is 0 Å². The number of rotatable bonds is 3. The highest BCUT2D eigenvalue weighted by Gasteiger charge is 2.13. The van der Waals surface area contributed by atoms with Gasteiger partial charge in [-0.1, -0.05) is 30.4 Å². The molecule has 2 aromatic rings. The van der Waals surface area contributed by atoms with E-state index in [0.29, 0.717) is 0 Å². The van der Waals surface area contributed by atoms with E-state index >= 15 is 0 Å². The summed E-state index contributed by atoms with van der Waals surface area (Å²) in [5.74, 6) is -0.108. The SMILES string of the molecule is O=C(O)/C=C/c1cc2ccccc2nc1N1CC=CCC1. The maximum absolute atomic E-state index is 10.8. The second-order valence-corrected chi connectivity index (χ2v) is 4.97. The number of pyridine rings is 1. The first-order valence-electron chi connectivity index (χ1n) is 6.95. The Morgan fingerprint density at radius 3 is 2.90 bits per heavy atom. The maximum atomic E-state index is 10.8. The van der Waals surface area contributed by atoms with E-state index in [-0.39, 0.29) is 0 Å². The summed E-state index contributed by atoms with van der Waals surface area (Å²) in [4.78, 5) is 17.7. The van der Waals surface area contributed by atoms with Gasteiger partial charge in [0, 0.05) is 30.1 Å². The number of carboxylic acid groups (broad SMARTS) is 1. The first-order valence-corrected chi connectivity index (χ1v) is 6.95. The lowest BCUT2D eigenvalue weighted by atomic mass is 10.1. The van der Waals surface area contributed by atoms with Gasteiger partial charge in [0.15, 0.2) is 0 Å². The van der Waals surface area contributed by atoms with Gasteiger partial charge in [-0.25, -0.2) is 9.78 Å². The van der Waals surface area contributed by atoms with E-state index in [9.17, 15) is 4.79 Å². The van der Waals surface area contributed by atoms with Gasteiger partial charge in [0.1, 0.15) is 5.82 Å². The molecule has 1 aliphatic heterocycles. The third kappa shape index (κ3) is 2.94. The summed E-state index contributed by atoms with van der Waals surface area (Å²) in [5.41, 5.74) is 1.76. The van der Waals surface area contributed by atoms with E-state index < -0.39 is 5.97 Å². The highest BCUT2D eigenvalue weighted by molar-refractivity contribution is 5.90. The number of carboxylic acids is 1. The molecule has 1 N–H and O–H groups in total. The zero-order valence-corrected chi connectivity index (χ0v) is 11.6. The van der Waals surface area contributed by atoms with Gasteiger partial charge in [-0.05, 0) is 24.6 Å². The molecule has 0 unspecified atom stereocenters. The van der Waals surface area contributed by atoms with Gasteiger partial charge in [-0.2, -0.15) is 0 Å². The van der Waals surface area contributed by atoms with Crippen LogP contribution in [0, 0.1) is 0 Å². The molecule has 106 valence electrons. The number of fused-ring (bicyclic) bond motifs is 1. The monoisotopic (exact) mass is 280 g/mol. The Morgan fingerprint density at radius 1 is 1.29 bits per heavy atom. The van der Waals surface area contributed by atoms with Gasteiger partial charge < -0.3 is 10.0 Å². The number of carbonyl (C=O) groups is 1. The largest absolute Gasteiger partial charge is 0.478 e. The molecule has 4 nitrogen and oxygen atoms in total. The van der Waals surface area contributed by atoms with Crippen LogP contribution in [0.4, 0.5) is 5.82 Å². The summed E-state index contributed by atoms with van der Waals surface area (Å²) < 4.78 is 0. The van der Waals surface area contributed by atoms with Gasteiger partial charge >= 0.3 is 5.97 Å². The summed E-state index contributed by atoms with van der Waals surface area (Å²) in [7, 11) is 0. The Kier molecular flexibility index (Phi) is 3.69. The Labute approximate surface area is 123 Å². The minimum Gasteiger partial charge on any atom is -0.478 e. The van der Waals surface area contributed by atoms with Crippen molar-refractivity contribution in [2.24, 2.45) is 0 Å². The van der Waals surface area contributed by atoms with Crippen molar-refractivity contribution in [1.29, 1.82) is 0 Å². The fourth-order valence-electron chi connectivity index (χ4n) is 2.49. The van der Waals surface area contributed by atoms with Gasteiger partial charge in [0.25, 0.3) is 0 Å². The van der Waals surface area contributed by atoms with Gasteiger partial charge in [0.05, 0.1) is 5.52 Å². The number of anilines is 1. The van der Waals surface area contributed by atoms with Gasteiger partial charge in [-0.3, -0.25) is 0 Å². The summed E-state index contributed by atoms with van der Waals surface area (Å²) >= 11 is 0. The van der Waals surface area contributed by atoms with Crippen LogP contribution >= 0.6 is 0 Å². The molecule has 3 rings (SSSR count). The molecule has 0 aliphatic carbocycles. The first-order chi connectivity index (χ1) is 10.2.